The van der Waals surface area contributed by atoms with E-state index in [0.717, 1.165) is 5.69 Å². The van der Waals surface area contributed by atoms with Gasteiger partial charge in [-0.2, -0.15) is 0 Å². The first kappa shape index (κ1) is 32.0. The molecule has 0 aliphatic rings. The Labute approximate surface area is 325 Å². The number of hydrogen-bond donors (Lipinski definition) is 0. The molecule has 9 aromatic carbocycles. The summed E-state index contributed by atoms with van der Waals surface area (Å²) in [6.45, 7) is 0. The number of aromatic nitrogens is 2. The summed E-state index contributed by atoms with van der Waals surface area (Å²) in [4.78, 5) is 0. The summed E-state index contributed by atoms with van der Waals surface area (Å²) < 4.78 is 4.82. The highest BCUT2D eigenvalue weighted by Crippen LogP contribution is 2.40. The minimum Gasteiger partial charge on any atom is -0.309 e. The van der Waals surface area contributed by atoms with E-state index in [0.29, 0.717) is 0 Å². The fraction of sp³-hybridized carbons (Fsp3) is 0. The molecule has 0 aliphatic heterocycles. The molecule has 0 saturated heterocycles. The van der Waals surface area contributed by atoms with Crippen molar-refractivity contribution in [3.05, 3.63) is 218 Å². The van der Waals surface area contributed by atoms with Gasteiger partial charge in [0.25, 0.3) is 0 Å². The molecule has 11 rings (SSSR count). The lowest BCUT2D eigenvalue weighted by atomic mass is 9.95. The Kier molecular flexibility index (Phi) is 7.53. The lowest BCUT2D eigenvalue weighted by Crippen LogP contribution is -1.96. The van der Waals surface area contributed by atoms with E-state index < -0.39 is 0 Å². The molecule has 2 heteroatoms. The Balaban J connectivity index is 1.09. The molecule has 0 fully saturated rings. The van der Waals surface area contributed by atoms with Gasteiger partial charge in [0.1, 0.15) is 0 Å². The topological polar surface area (TPSA) is 9.86 Å². The van der Waals surface area contributed by atoms with Crippen LogP contribution >= 0.6 is 0 Å². The van der Waals surface area contributed by atoms with Gasteiger partial charge in [-0.25, -0.2) is 0 Å². The number of rotatable bonds is 6. The van der Waals surface area contributed by atoms with Crippen LogP contribution < -0.4 is 0 Å². The third kappa shape index (κ3) is 5.34. The van der Waals surface area contributed by atoms with Gasteiger partial charge >= 0.3 is 0 Å². The number of fused-ring (bicyclic) bond motifs is 6. The molecule has 0 atom stereocenters. The summed E-state index contributed by atoms with van der Waals surface area (Å²) in [5.74, 6) is 0. The average molecular weight is 713 g/mol. The zero-order valence-electron chi connectivity index (χ0n) is 30.7. The van der Waals surface area contributed by atoms with Gasteiger partial charge in [-0.05, 0) is 117 Å². The Hall–Kier alpha value is -7.42. The summed E-state index contributed by atoms with van der Waals surface area (Å²) in [5, 5.41) is 4.99. The molecule has 0 radical (unpaired) electrons. The van der Waals surface area contributed by atoms with E-state index in [-0.39, 0.29) is 0 Å². The highest BCUT2D eigenvalue weighted by molar-refractivity contribution is 6.12. The summed E-state index contributed by atoms with van der Waals surface area (Å²) in [7, 11) is 0. The van der Waals surface area contributed by atoms with Gasteiger partial charge in [0.15, 0.2) is 0 Å². The smallest absolute Gasteiger partial charge is 0.0541 e. The minimum atomic E-state index is 1.14. The van der Waals surface area contributed by atoms with Gasteiger partial charge in [-0.15, -0.1) is 0 Å². The van der Waals surface area contributed by atoms with E-state index in [1.165, 1.54) is 93.8 Å². The van der Waals surface area contributed by atoms with Crippen molar-refractivity contribution in [3.63, 3.8) is 0 Å². The summed E-state index contributed by atoms with van der Waals surface area (Å²) in [5.41, 5.74) is 16.7. The Morgan fingerprint density at radius 2 is 0.571 bits per heavy atom. The van der Waals surface area contributed by atoms with Gasteiger partial charge in [-0.1, -0.05) is 146 Å². The average Bonchev–Trinajstić information content (AvgIpc) is 3.79. The number of benzene rings is 9. The molecule has 11 aromatic rings. The Morgan fingerprint density at radius 3 is 1.14 bits per heavy atom. The van der Waals surface area contributed by atoms with Crippen LogP contribution in [0.2, 0.25) is 0 Å². The number of para-hydroxylation sites is 3. The quantitative estimate of drug-likeness (QED) is 0.162. The number of hydrogen-bond acceptors (Lipinski definition) is 0. The second kappa shape index (κ2) is 13.2. The lowest BCUT2D eigenvalue weighted by Gasteiger charge is -2.15. The van der Waals surface area contributed by atoms with Crippen LogP contribution in [0.4, 0.5) is 0 Å². The van der Waals surface area contributed by atoms with Crippen LogP contribution in [0.5, 0.6) is 0 Å². The fourth-order valence-electron chi connectivity index (χ4n) is 8.65. The standard InChI is InChI=1S/C54H36N2/c1-4-15-37(16-5-1)39-19-14-20-40(31-39)44-32-43(38-17-6-2-7-18-38)33-46(34-44)56-52-26-13-11-24-48(52)50-36-42(28-30-54(50)56)41-27-29-53-49(35-41)47-23-10-12-25-51(47)55(53)45-21-8-3-9-22-45/h1-36H. The third-order valence-corrected chi connectivity index (χ3v) is 11.3. The SMILES string of the molecule is c1ccc(-c2cccc(-c3cc(-c4ccccc4)cc(-n4c5ccccc5c5cc(-c6ccc7c(c6)c6ccccc6n7-c6ccccc6)ccc54)c3)c2)cc1. The molecular weight excluding hydrogens is 677 g/mol. The molecule has 0 amide bonds. The van der Waals surface area contributed by atoms with Crippen molar-refractivity contribution >= 4 is 43.6 Å². The molecule has 2 aromatic heterocycles. The van der Waals surface area contributed by atoms with Gasteiger partial charge in [-0.3, -0.25) is 0 Å². The van der Waals surface area contributed by atoms with E-state index in [9.17, 15) is 0 Å². The monoisotopic (exact) mass is 712 g/mol. The van der Waals surface area contributed by atoms with Crippen LogP contribution in [0.15, 0.2) is 218 Å². The highest BCUT2D eigenvalue weighted by atomic mass is 15.0. The van der Waals surface area contributed by atoms with E-state index in [4.69, 9.17) is 0 Å². The van der Waals surface area contributed by atoms with Gasteiger partial charge in [0.05, 0.1) is 22.1 Å². The molecule has 0 unspecified atom stereocenters. The van der Waals surface area contributed by atoms with Gasteiger partial charge in [0.2, 0.25) is 0 Å². The van der Waals surface area contributed by atoms with Crippen molar-refractivity contribution in [1.82, 2.24) is 9.13 Å². The maximum Gasteiger partial charge on any atom is 0.0541 e. The van der Waals surface area contributed by atoms with Crippen molar-refractivity contribution in [2.24, 2.45) is 0 Å². The molecule has 0 spiro atoms. The first-order chi connectivity index (χ1) is 27.8. The Morgan fingerprint density at radius 1 is 0.196 bits per heavy atom. The van der Waals surface area contributed by atoms with E-state index >= 15 is 0 Å². The maximum atomic E-state index is 2.45. The zero-order chi connectivity index (χ0) is 37.0. The van der Waals surface area contributed by atoms with Gasteiger partial charge in [0, 0.05) is 32.9 Å². The highest BCUT2D eigenvalue weighted by Gasteiger charge is 2.17. The van der Waals surface area contributed by atoms with Crippen LogP contribution in [0.25, 0.3) is 99.5 Å². The predicted octanol–water partition coefficient (Wildman–Crippen LogP) is 14.5. The summed E-state index contributed by atoms with van der Waals surface area (Å²) >= 11 is 0. The van der Waals surface area contributed by atoms with Crippen molar-refractivity contribution in [2.45, 2.75) is 0 Å². The van der Waals surface area contributed by atoms with Crippen molar-refractivity contribution in [3.8, 4) is 55.9 Å². The zero-order valence-corrected chi connectivity index (χ0v) is 30.7. The molecule has 0 N–H and O–H groups in total. The van der Waals surface area contributed by atoms with Crippen LogP contribution in [-0.2, 0) is 0 Å². The first-order valence-corrected chi connectivity index (χ1v) is 19.3. The van der Waals surface area contributed by atoms with Crippen LogP contribution in [-0.4, -0.2) is 9.13 Å². The van der Waals surface area contributed by atoms with E-state index in [2.05, 4.69) is 228 Å². The summed E-state index contributed by atoms with van der Waals surface area (Å²) in [6, 6.07) is 79.5. The summed E-state index contributed by atoms with van der Waals surface area (Å²) in [6.07, 6.45) is 0. The second-order valence-electron chi connectivity index (χ2n) is 14.6. The van der Waals surface area contributed by atoms with Crippen LogP contribution in [0.1, 0.15) is 0 Å². The van der Waals surface area contributed by atoms with Crippen LogP contribution in [0.3, 0.4) is 0 Å². The molecular formula is C54H36N2. The molecule has 2 nitrogen and oxygen atoms in total. The lowest BCUT2D eigenvalue weighted by molar-refractivity contribution is 1.18. The maximum absolute atomic E-state index is 2.45. The largest absolute Gasteiger partial charge is 0.309 e. The second-order valence-corrected chi connectivity index (χ2v) is 14.6. The predicted molar refractivity (Wildman–Crippen MR) is 237 cm³/mol. The molecule has 0 saturated carbocycles. The molecule has 2 heterocycles. The normalized spacial score (nSPS) is 11.6. The van der Waals surface area contributed by atoms with E-state index in [1.54, 1.807) is 0 Å². The van der Waals surface area contributed by atoms with Crippen molar-refractivity contribution in [2.75, 3.05) is 0 Å². The molecule has 56 heavy (non-hydrogen) atoms. The fourth-order valence-corrected chi connectivity index (χ4v) is 8.65. The van der Waals surface area contributed by atoms with Crippen molar-refractivity contribution < 1.29 is 0 Å². The van der Waals surface area contributed by atoms with Crippen molar-refractivity contribution in [1.29, 1.82) is 0 Å². The molecule has 262 valence electrons. The Bertz CT molecular complexity index is 3220. The van der Waals surface area contributed by atoms with Crippen LogP contribution in [0, 0.1) is 0 Å². The first-order valence-electron chi connectivity index (χ1n) is 19.3. The number of nitrogens with zero attached hydrogens (tertiary/aromatic N) is 2. The minimum absolute atomic E-state index is 1.14. The molecule has 0 bridgehead atoms. The third-order valence-electron chi connectivity index (χ3n) is 11.3. The molecule has 0 aliphatic carbocycles. The van der Waals surface area contributed by atoms with E-state index in [1.807, 2.05) is 0 Å². The van der Waals surface area contributed by atoms with Gasteiger partial charge < -0.3 is 9.13 Å².